The zero-order chi connectivity index (χ0) is 23.5. The van der Waals surface area contributed by atoms with Crippen molar-refractivity contribution in [2.45, 2.75) is 50.6 Å². The Hall–Kier alpha value is -2.54. The number of hydrogen-bond acceptors (Lipinski definition) is 4. The minimum Gasteiger partial charge on any atom is -0.492 e. The summed E-state index contributed by atoms with van der Waals surface area (Å²) < 4.78 is 35.0. The predicted octanol–water partition coefficient (Wildman–Crippen LogP) is 5.11. The van der Waals surface area contributed by atoms with Gasteiger partial charge >= 0.3 is 0 Å². The van der Waals surface area contributed by atoms with Gasteiger partial charge in [-0.05, 0) is 88.2 Å². The molecule has 1 aromatic heterocycles. The number of carbonyl (C=O) groups excluding carboxylic acids is 1. The summed E-state index contributed by atoms with van der Waals surface area (Å²) in [6.07, 6.45) is 8.10. The number of carbonyl (C=O) groups is 1. The summed E-state index contributed by atoms with van der Waals surface area (Å²) in [4.78, 5) is 20.9. The van der Waals surface area contributed by atoms with Crippen LogP contribution in [-0.2, 0) is 0 Å². The van der Waals surface area contributed by atoms with Crippen LogP contribution in [0.3, 0.4) is 0 Å². The Bertz CT molecular complexity index is 995. The van der Waals surface area contributed by atoms with E-state index < -0.39 is 11.5 Å². The second-order valence-corrected chi connectivity index (χ2v) is 10.1. The summed E-state index contributed by atoms with van der Waals surface area (Å²) in [5.74, 6) is 0.391. The van der Waals surface area contributed by atoms with Crippen molar-refractivity contribution in [2.24, 2.45) is 5.92 Å². The highest BCUT2D eigenvalue weighted by Gasteiger charge is 2.39. The number of alkyl halides is 1. The van der Waals surface area contributed by atoms with Crippen LogP contribution in [0.4, 0.5) is 8.78 Å². The highest BCUT2D eigenvalue weighted by Crippen LogP contribution is 2.37. The molecule has 2 aliphatic heterocycles. The summed E-state index contributed by atoms with van der Waals surface area (Å²) in [7, 11) is 0. The van der Waals surface area contributed by atoms with Gasteiger partial charge in [0.1, 0.15) is 17.2 Å². The molecule has 182 valence electrons. The van der Waals surface area contributed by atoms with Gasteiger partial charge in [0.15, 0.2) is 0 Å². The lowest BCUT2D eigenvalue weighted by Crippen LogP contribution is -2.47. The number of amides is 1. The van der Waals surface area contributed by atoms with Crippen molar-refractivity contribution in [1.29, 1.82) is 0 Å². The summed E-state index contributed by atoms with van der Waals surface area (Å²) in [5.41, 5.74) is 0.442. The van der Waals surface area contributed by atoms with Gasteiger partial charge in [-0.25, -0.2) is 8.78 Å². The Morgan fingerprint density at radius 1 is 1.06 bits per heavy atom. The van der Waals surface area contributed by atoms with Crippen LogP contribution in [0.1, 0.15) is 55.3 Å². The number of ether oxygens (including phenoxy) is 1. The van der Waals surface area contributed by atoms with Gasteiger partial charge in [0.05, 0.1) is 24.1 Å². The number of aromatic nitrogens is 1. The number of halogens is 2. The molecule has 34 heavy (non-hydrogen) atoms. The number of piperidine rings is 1. The second-order valence-electron chi connectivity index (χ2n) is 10.1. The number of rotatable bonds is 7. The lowest BCUT2D eigenvalue weighted by Gasteiger charge is -2.41. The standard InChI is InChI=1S/C27H33F2N3O2/c28-24-16-21(4-6-23(24)26(33)32-12-1-2-13-32)25-7-5-22(17-30-25)34-18-20-8-14-31(15-9-20)19-27(29)10-3-11-27/h4-7,16-17,20H,1-3,8-15,18-19H2. The Labute approximate surface area is 200 Å². The molecule has 3 heterocycles. The predicted molar refractivity (Wildman–Crippen MR) is 127 cm³/mol. The van der Waals surface area contributed by atoms with Crippen molar-refractivity contribution in [2.75, 3.05) is 39.3 Å². The summed E-state index contributed by atoms with van der Waals surface area (Å²) in [6.45, 7) is 4.45. The first-order valence-electron chi connectivity index (χ1n) is 12.6. The summed E-state index contributed by atoms with van der Waals surface area (Å²) >= 11 is 0. The average Bonchev–Trinajstić information content (AvgIpc) is 3.38. The van der Waals surface area contributed by atoms with E-state index in [1.807, 2.05) is 12.1 Å². The van der Waals surface area contributed by atoms with Gasteiger partial charge in [-0.1, -0.05) is 6.07 Å². The number of hydrogen-bond donors (Lipinski definition) is 0. The van der Waals surface area contributed by atoms with E-state index in [9.17, 15) is 13.6 Å². The molecule has 0 radical (unpaired) electrons. The zero-order valence-corrected chi connectivity index (χ0v) is 19.6. The minimum absolute atomic E-state index is 0.117. The number of likely N-dealkylation sites (tertiary alicyclic amines) is 2. The molecule has 5 nitrogen and oxygen atoms in total. The average molecular weight is 470 g/mol. The van der Waals surface area contributed by atoms with E-state index >= 15 is 0 Å². The molecule has 0 unspecified atom stereocenters. The maximum absolute atomic E-state index is 14.7. The van der Waals surface area contributed by atoms with Gasteiger partial charge in [0.2, 0.25) is 0 Å². The van der Waals surface area contributed by atoms with Crippen LogP contribution in [0.5, 0.6) is 5.75 Å². The molecule has 7 heteroatoms. The Balaban J connectivity index is 1.12. The molecule has 1 saturated carbocycles. The van der Waals surface area contributed by atoms with Crippen molar-refractivity contribution in [3.8, 4) is 17.0 Å². The first kappa shape index (κ1) is 23.2. The normalized spacial score (nSPS) is 20.8. The maximum Gasteiger partial charge on any atom is 0.256 e. The molecule has 1 amide bonds. The first-order chi connectivity index (χ1) is 16.5. The van der Waals surface area contributed by atoms with Crippen molar-refractivity contribution >= 4 is 5.91 Å². The molecule has 2 saturated heterocycles. The highest BCUT2D eigenvalue weighted by molar-refractivity contribution is 5.95. The van der Waals surface area contributed by atoms with Gasteiger partial charge in [-0.15, -0.1) is 0 Å². The lowest BCUT2D eigenvalue weighted by molar-refractivity contribution is 0.00739. The molecule has 5 rings (SSSR count). The van der Waals surface area contributed by atoms with E-state index in [0.717, 1.165) is 45.2 Å². The van der Waals surface area contributed by atoms with E-state index in [2.05, 4.69) is 9.88 Å². The number of benzene rings is 1. The molecular weight excluding hydrogens is 436 g/mol. The first-order valence-corrected chi connectivity index (χ1v) is 12.6. The van der Waals surface area contributed by atoms with Gasteiger partial charge in [0.25, 0.3) is 5.91 Å². The van der Waals surface area contributed by atoms with E-state index in [1.54, 1.807) is 23.2 Å². The van der Waals surface area contributed by atoms with Crippen molar-refractivity contribution in [3.05, 3.63) is 47.9 Å². The van der Waals surface area contributed by atoms with Crippen LogP contribution in [0, 0.1) is 11.7 Å². The molecule has 3 aliphatic rings. The molecule has 2 aromatic rings. The van der Waals surface area contributed by atoms with Crippen LogP contribution in [0.25, 0.3) is 11.3 Å². The van der Waals surface area contributed by atoms with Crippen LogP contribution >= 0.6 is 0 Å². The van der Waals surface area contributed by atoms with E-state index in [-0.39, 0.29) is 11.5 Å². The second kappa shape index (κ2) is 9.98. The summed E-state index contributed by atoms with van der Waals surface area (Å²) in [6, 6.07) is 8.34. The zero-order valence-electron chi connectivity index (χ0n) is 19.6. The Kier molecular flexibility index (Phi) is 6.82. The van der Waals surface area contributed by atoms with Crippen LogP contribution < -0.4 is 4.74 Å². The number of nitrogens with zero attached hydrogens (tertiary/aromatic N) is 3. The van der Waals surface area contributed by atoms with Gasteiger partial charge in [-0.2, -0.15) is 0 Å². The highest BCUT2D eigenvalue weighted by atomic mass is 19.1. The quantitative estimate of drug-likeness (QED) is 0.566. The van der Waals surface area contributed by atoms with Crippen molar-refractivity contribution in [1.82, 2.24) is 14.8 Å². The van der Waals surface area contributed by atoms with Crippen molar-refractivity contribution in [3.63, 3.8) is 0 Å². The lowest BCUT2D eigenvalue weighted by atomic mass is 9.81. The van der Waals surface area contributed by atoms with Crippen molar-refractivity contribution < 1.29 is 18.3 Å². The molecule has 3 fully saturated rings. The Morgan fingerprint density at radius 2 is 1.82 bits per heavy atom. The number of pyridine rings is 1. The van der Waals surface area contributed by atoms with E-state index in [0.29, 0.717) is 62.0 Å². The van der Waals surface area contributed by atoms with E-state index in [4.69, 9.17) is 4.74 Å². The monoisotopic (exact) mass is 469 g/mol. The van der Waals surface area contributed by atoms with Crippen LogP contribution in [0.15, 0.2) is 36.5 Å². The Morgan fingerprint density at radius 3 is 2.44 bits per heavy atom. The maximum atomic E-state index is 14.7. The smallest absolute Gasteiger partial charge is 0.256 e. The fourth-order valence-electron chi connectivity index (χ4n) is 5.22. The molecule has 0 atom stereocenters. The molecule has 0 spiro atoms. The molecule has 0 N–H and O–H groups in total. The third kappa shape index (κ3) is 5.24. The van der Waals surface area contributed by atoms with Crippen LogP contribution in [0.2, 0.25) is 0 Å². The third-order valence-corrected chi connectivity index (χ3v) is 7.57. The van der Waals surface area contributed by atoms with Gasteiger partial charge < -0.3 is 14.5 Å². The molecular formula is C27H33F2N3O2. The molecule has 1 aromatic carbocycles. The largest absolute Gasteiger partial charge is 0.492 e. The SMILES string of the molecule is O=C(c1ccc(-c2ccc(OCC3CCN(CC4(F)CCC4)CC3)cn2)cc1F)N1CCCC1. The van der Waals surface area contributed by atoms with E-state index in [1.165, 1.54) is 6.07 Å². The van der Waals surface area contributed by atoms with Crippen LogP contribution in [-0.4, -0.2) is 65.7 Å². The third-order valence-electron chi connectivity index (χ3n) is 7.57. The molecule has 0 bridgehead atoms. The van der Waals surface area contributed by atoms with Gasteiger partial charge in [-0.3, -0.25) is 9.78 Å². The summed E-state index contributed by atoms with van der Waals surface area (Å²) in [5, 5.41) is 0. The minimum atomic E-state index is -0.941. The van der Waals surface area contributed by atoms with Gasteiger partial charge in [0, 0.05) is 25.2 Å². The molecule has 1 aliphatic carbocycles. The fourth-order valence-corrected chi connectivity index (χ4v) is 5.22. The fraction of sp³-hybridized carbons (Fsp3) is 0.556. The topological polar surface area (TPSA) is 45.7 Å².